The second kappa shape index (κ2) is 3.98. The summed E-state index contributed by atoms with van der Waals surface area (Å²) in [5, 5.41) is 10.6. The van der Waals surface area contributed by atoms with Gasteiger partial charge in [-0.3, -0.25) is 15.1 Å². The zero-order valence-corrected chi connectivity index (χ0v) is 8.33. The lowest BCUT2D eigenvalue weighted by atomic mass is 10.1. The van der Waals surface area contributed by atoms with Crippen LogP contribution in [0.5, 0.6) is 0 Å². The average Bonchev–Trinajstić information content (AvgIpc) is 2.30. The van der Waals surface area contributed by atoms with Crippen LogP contribution in [0, 0.1) is 10.1 Å². The maximum Gasteiger partial charge on any atom is 0.270 e. The molecule has 0 amide bonds. The Labute approximate surface area is 91.7 Å². The minimum absolute atomic E-state index is 0.00912. The lowest BCUT2D eigenvalue weighted by Crippen LogP contribution is -1.94. The quantitative estimate of drug-likeness (QED) is 0.473. The average molecular weight is 215 g/mol. The van der Waals surface area contributed by atoms with Gasteiger partial charge in [0, 0.05) is 29.6 Å². The van der Waals surface area contributed by atoms with E-state index >= 15 is 0 Å². The summed E-state index contributed by atoms with van der Waals surface area (Å²) < 4.78 is 0. The Morgan fingerprint density at radius 3 is 2.69 bits per heavy atom. The third-order valence-corrected chi connectivity index (χ3v) is 2.19. The minimum atomic E-state index is -0.452. The first-order chi connectivity index (χ1) is 7.68. The molecule has 0 unspecified atom stereocenters. The molecule has 2 rings (SSSR count). The molecule has 1 heterocycles. The number of nitrogen functional groups attached to an aromatic ring is 1. The molecule has 0 fully saturated rings. The van der Waals surface area contributed by atoms with Crippen molar-refractivity contribution < 1.29 is 4.92 Å². The van der Waals surface area contributed by atoms with Crippen LogP contribution >= 0.6 is 0 Å². The fourth-order valence-electron chi connectivity index (χ4n) is 1.40. The standard InChI is InChI=1S/C11H9N3O2/c12-10-5-4-8(14(15)16)7-9(10)11-3-1-2-6-13-11/h1-7H,12H2. The number of aromatic nitrogens is 1. The third kappa shape index (κ3) is 1.83. The van der Waals surface area contributed by atoms with E-state index in [1.807, 2.05) is 0 Å². The van der Waals surface area contributed by atoms with E-state index in [4.69, 9.17) is 5.73 Å². The third-order valence-electron chi connectivity index (χ3n) is 2.19. The fourth-order valence-corrected chi connectivity index (χ4v) is 1.40. The maximum absolute atomic E-state index is 10.6. The summed E-state index contributed by atoms with van der Waals surface area (Å²) >= 11 is 0. The summed E-state index contributed by atoms with van der Waals surface area (Å²) in [7, 11) is 0. The number of nitrogens with zero attached hydrogens (tertiary/aromatic N) is 2. The Balaban J connectivity index is 2.56. The van der Waals surface area contributed by atoms with Crippen molar-refractivity contribution >= 4 is 11.4 Å². The maximum atomic E-state index is 10.6. The van der Waals surface area contributed by atoms with Crippen LogP contribution in [0.1, 0.15) is 0 Å². The summed E-state index contributed by atoms with van der Waals surface area (Å²) in [5.41, 5.74) is 7.45. The smallest absolute Gasteiger partial charge is 0.270 e. The zero-order valence-electron chi connectivity index (χ0n) is 8.33. The van der Waals surface area contributed by atoms with Crippen LogP contribution in [0.25, 0.3) is 11.3 Å². The topological polar surface area (TPSA) is 82.0 Å². The monoisotopic (exact) mass is 215 g/mol. The van der Waals surface area contributed by atoms with Crippen LogP contribution in [-0.4, -0.2) is 9.91 Å². The molecular weight excluding hydrogens is 206 g/mol. The Kier molecular flexibility index (Phi) is 2.51. The summed E-state index contributed by atoms with van der Waals surface area (Å²) in [4.78, 5) is 14.3. The molecule has 5 nitrogen and oxygen atoms in total. The molecule has 0 radical (unpaired) electrons. The largest absolute Gasteiger partial charge is 0.398 e. The number of rotatable bonds is 2. The molecule has 1 aromatic heterocycles. The number of pyridine rings is 1. The van der Waals surface area contributed by atoms with Crippen LogP contribution in [0.15, 0.2) is 42.6 Å². The molecule has 2 N–H and O–H groups in total. The Hall–Kier alpha value is -2.43. The van der Waals surface area contributed by atoms with Crippen molar-refractivity contribution in [3.63, 3.8) is 0 Å². The number of hydrogen-bond acceptors (Lipinski definition) is 4. The van der Waals surface area contributed by atoms with Gasteiger partial charge in [0.05, 0.1) is 10.6 Å². The first-order valence-corrected chi connectivity index (χ1v) is 4.64. The Morgan fingerprint density at radius 1 is 1.25 bits per heavy atom. The zero-order chi connectivity index (χ0) is 11.5. The molecule has 0 aliphatic heterocycles. The van der Waals surface area contributed by atoms with Gasteiger partial charge in [-0.15, -0.1) is 0 Å². The van der Waals surface area contributed by atoms with Crippen molar-refractivity contribution in [2.45, 2.75) is 0 Å². The van der Waals surface area contributed by atoms with Gasteiger partial charge in [-0.1, -0.05) is 6.07 Å². The molecule has 0 saturated carbocycles. The van der Waals surface area contributed by atoms with Gasteiger partial charge in [-0.05, 0) is 18.2 Å². The van der Waals surface area contributed by atoms with Gasteiger partial charge in [-0.25, -0.2) is 0 Å². The highest BCUT2D eigenvalue weighted by Gasteiger charge is 2.10. The van der Waals surface area contributed by atoms with E-state index in [1.165, 1.54) is 18.2 Å². The molecule has 1 aromatic carbocycles. The van der Waals surface area contributed by atoms with Gasteiger partial charge >= 0.3 is 0 Å². The molecule has 0 spiro atoms. The number of nitrogens with two attached hydrogens (primary N) is 1. The predicted octanol–water partition coefficient (Wildman–Crippen LogP) is 2.24. The molecule has 5 heteroatoms. The molecule has 0 aliphatic carbocycles. The number of non-ortho nitro benzene ring substituents is 1. The second-order valence-corrected chi connectivity index (χ2v) is 3.24. The highest BCUT2D eigenvalue weighted by Crippen LogP contribution is 2.27. The first kappa shape index (κ1) is 10.1. The van der Waals surface area contributed by atoms with Crippen molar-refractivity contribution in [2.75, 3.05) is 5.73 Å². The number of benzene rings is 1. The molecule has 16 heavy (non-hydrogen) atoms. The van der Waals surface area contributed by atoms with Gasteiger partial charge in [0.2, 0.25) is 0 Å². The molecule has 80 valence electrons. The van der Waals surface area contributed by atoms with Crippen molar-refractivity contribution in [1.29, 1.82) is 0 Å². The van der Waals surface area contributed by atoms with Gasteiger partial charge in [0.1, 0.15) is 0 Å². The highest BCUT2D eigenvalue weighted by molar-refractivity contribution is 5.75. The van der Waals surface area contributed by atoms with Gasteiger partial charge in [-0.2, -0.15) is 0 Å². The number of anilines is 1. The fraction of sp³-hybridized carbons (Fsp3) is 0. The summed E-state index contributed by atoms with van der Waals surface area (Å²) in [5.74, 6) is 0. The molecular formula is C11H9N3O2. The SMILES string of the molecule is Nc1ccc([N+](=O)[O-])cc1-c1ccccn1. The van der Waals surface area contributed by atoms with Crippen LogP contribution in [0.2, 0.25) is 0 Å². The van der Waals surface area contributed by atoms with Crippen molar-refractivity contribution in [1.82, 2.24) is 4.98 Å². The summed E-state index contributed by atoms with van der Waals surface area (Å²) in [6.45, 7) is 0. The molecule has 0 saturated heterocycles. The van der Waals surface area contributed by atoms with Crippen LogP contribution in [0.3, 0.4) is 0 Å². The molecule has 0 bridgehead atoms. The normalized spacial score (nSPS) is 10.0. The lowest BCUT2D eigenvalue weighted by molar-refractivity contribution is -0.384. The highest BCUT2D eigenvalue weighted by atomic mass is 16.6. The number of nitro benzene ring substituents is 1. The summed E-state index contributed by atoms with van der Waals surface area (Å²) in [6, 6.07) is 9.66. The lowest BCUT2D eigenvalue weighted by Gasteiger charge is -2.04. The van der Waals surface area contributed by atoms with Crippen LogP contribution < -0.4 is 5.73 Å². The van der Waals surface area contributed by atoms with Gasteiger partial charge in [0.25, 0.3) is 5.69 Å². The first-order valence-electron chi connectivity index (χ1n) is 4.64. The van der Waals surface area contributed by atoms with E-state index < -0.39 is 4.92 Å². The minimum Gasteiger partial charge on any atom is -0.398 e. The van der Waals surface area contributed by atoms with Gasteiger partial charge < -0.3 is 5.73 Å². The predicted molar refractivity (Wildman–Crippen MR) is 60.7 cm³/mol. The molecule has 2 aromatic rings. The van der Waals surface area contributed by atoms with E-state index in [-0.39, 0.29) is 5.69 Å². The van der Waals surface area contributed by atoms with E-state index in [0.717, 1.165) is 0 Å². The summed E-state index contributed by atoms with van der Waals surface area (Å²) in [6.07, 6.45) is 1.62. The van der Waals surface area contributed by atoms with Crippen molar-refractivity contribution in [3.8, 4) is 11.3 Å². The van der Waals surface area contributed by atoms with Gasteiger partial charge in [0.15, 0.2) is 0 Å². The van der Waals surface area contributed by atoms with Crippen molar-refractivity contribution in [3.05, 3.63) is 52.7 Å². The van der Waals surface area contributed by atoms with Crippen LogP contribution in [0.4, 0.5) is 11.4 Å². The van der Waals surface area contributed by atoms with Crippen molar-refractivity contribution in [2.24, 2.45) is 0 Å². The Morgan fingerprint density at radius 2 is 2.06 bits per heavy atom. The number of nitro groups is 1. The number of hydrogen-bond donors (Lipinski definition) is 1. The van der Waals surface area contributed by atoms with Crippen LogP contribution in [-0.2, 0) is 0 Å². The van der Waals surface area contributed by atoms with E-state index in [0.29, 0.717) is 16.9 Å². The molecule has 0 atom stereocenters. The van der Waals surface area contributed by atoms with E-state index in [9.17, 15) is 10.1 Å². The Bertz CT molecular complexity index is 526. The van der Waals surface area contributed by atoms with E-state index in [1.54, 1.807) is 24.4 Å². The molecule has 0 aliphatic rings. The van der Waals surface area contributed by atoms with E-state index in [2.05, 4.69) is 4.98 Å². The second-order valence-electron chi connectivity index (χ2n) is 3.24.